The standard InChI is InChI=1S/C21H19BrN2O5.C20H17BrN2O5.C18H15BrN2O3.ClH/c1-12-17(20(26)21(23)27)18-15(29-11-16(25)28-2)9-8-14(22)19(18)24(12)10-13-6-4-3-5-7-13;1-11-16(19(26)20(22)27)17-14(28-10-15(24)25)8-7-13(21)18(17)23(11)9-12-5-3-2-4-6-12;1-10-14(17(23)18(20)24)15-13(22)8-7-12(19)16(15)21(10)9-11-5-3-2-4-6-11;/h3-9H,10-11H2,1-2H3,(H2,23,27);2-8H,9-10H2,1H3,(H2,22,27)(H,24,25);2-8,22H,9H2,1H3,(H2,20,24);1H. The minimum atomic E-state index is -1.15. The van der Waals surface area contributed by atoms with E-state index in [1.54, 1.807) is 51.1 Å². The van der Waals surface area contributed by atoms with Crippen LogP contribution in [0.25, 0.3) is 32.7 Å². The second-order valence-electron chi connectivity index (χ2n) is 18.1. The number of primary amides is 3. The number of aliphatic carboxylic acids is 1. The average molecular weight is 1330 g/mol. The fourth-order valence-electron chi connectivity index (χ4n) is 9.29. The number of hydrogen-bond acceptors (Lipinski definition) is 12. The lowest BCUT2D eigenvalue weighted by Crippen LogP contribution is -2.24. The number of phenolic OH excluding ortho intramolecular Hbond substituents is 1. The molecule has 82 heavy (non-hydrogen) atoms. The number of fused-ring (bicyclic) bond motifs is 3. The van der Waals surface area contributed by atoms with Crippen LogP contribution in [0.15, 0.2) is 141 Å². The third-order valence-electron chi connectivity index (χ3n) is 13.0. The maximum atomic E-state index is 12.7. The number of carboxylic acids is 1. The van der Waals surface area contributed by atoms with E-state index in [2.05, 4.69) is 52.5 Å². The summed E-state index contributed by atoms with van der Waals surface area (Å²) in [5.41, 5.74) is 22.8. The number of hydrogen-bond donors (Lipinski definition) is 5. The van der Waals surface area contributed by atoms with Crippen molar-refractivity contribution < 1.29 is 62.8 Å². The van der Waals surface area contributed by atoms with Crippen molar-refractivity contribution >= 4 is 140 Å². The van der Waals surface area contributed by atoms with Crippen LogP contribution in [0, 0.1) is 20.8 Å². The highest BCUT2D eigenvalue weighted by molar-refractivity contribution is 9.11. The Morgan fingerprint density at radius 1 is 0.463 bits per heavy atom. The lowest BCUT2D eigenvalue weighted by Gasteiger charge is -2.11. The van der Waals surface area contributed by atoms with Crippen LogP contribution in [-0.4, -0.2) is 91.2 Å². The molecule has 9 rings (SSSR count). The van der Waals surface area contributed by atoms with Gasteiger partial charge in [-0.1, -0.05) is 91.0 Å². The first-order valence-electron chi connectivity index (χ1n) is 24.4. The minimum absolute atomic E-state index is 0. The van der Waals surface area contributed by atoms with Crippen LogP contribution in [-0.2, 0) is 48.3 Å². The lowest BCUT2D eigenvalue weighted by molar-refractivity contribution is -0.143. The molecule has 3 amide bonds. The van der Waals surface area contributed by atoms with Crippen molar-refractivity contribution in [3.63, 3.8) is 0 Å². The van der Waals surface area contributed by atoms with Gasteiger partial charge in [-0.2, -0.15) is 0 Å². The molecule has 0 bridgehead atoms. The van der Waals surface area contributed by atoms with Gasteiger partial charge in [0, 0.05) is 50.1 Å². The summed E-state index contributed by atoms with van der Waals surface area (Å²) in [6, 6.07) is 38.8. The predicted octanol–water partition coefficient (Wildman–Crippen LogP) is 9.43. The molecule has 0 spiro atoms. The van der Waals surface area contributed by atoms with E-state index in [1.807, 2.05) is 105 Å². The highest BCUT2D eigenvalue weighted by atomic mass is 79.9. The monoisotopic (exact) mass is 1320 g/mol. The van der Waals surface area contributed by atoms with Crippen LogP contribution in [0.1, 0.15) is 64.8 Å². The quantitative estimate of drug-likeness (QED) is 0.0304. The first kappa shape index (κ1) is 62.6. The average Bonchev–Trinajstić information content (AvgIpc) is 4.22. The van der Waals surface area contributed by atoms with Crippen LogP contribution in [0.2, 0.25) is 0 Å². The Morgan fingerprint density at radius 2 is 0.768 bits per heavy atom. The number of nitrogens with two attached hydrogens (primary N) is 3. The molecular formula is C59H52Br3ClN6O13. The van der Waals surface area contributed by atoms with Crippen molar-refractivity contribution in [1.29, 1.82) is 0 Å². The van der Waals surface area contributed by atoms with Gasteiger partial charge in [0.2, 0.25) is 0 Å². The highest BCUT2D eigenvalue weighted by Gasteiger charge is 2.30. The molecule has 0 atom stereocenters. The third kappa shape index (κ3) is 13.4. The highest BCUT2D eigenvalue weighted by Crippen LogP contribution is 2.42. The summed E-state index contributed by atoms with van der Waals surface area (Å²) in [6.45, 7) is 5.69. The van der Waals surface area contributed by atoms with E-state index < -0.39 is 53.6 Å². The van der Waals surface area contributed by atoms with Crippen LogP contribution in [0.3, 0.4) is 0 Å². The summed E-state index contributed by atoms with van der Waals surface area (Å²) in [5, 5.41) is 20.3. The number of amides is 3. The molecule has 8 N–H and O–H groups in total. The number of methoxy groups -OCH3 is 1. The summed E-state index contributed by atoms with van der Waals surface area (Å²) in [6.07, 6.45) is 0. The number of nitrogens with zero attached hydrogens (tertiary/aromatic N) is 3. The first-order valence-corrected chi connectivity index (χ1v) is 26.8. The zero-order valence-electron chi connectivity index (χ0n) is 44.2. The van der Waals surface area contributed by atoms with Gasteiger partial charge in [-0.3, -0.25) is 28.8 Å². The molecule has 6 aromatic carbocycles. The molecule has 0 saturated carbocycles. The summed E-state index contributed by atoms with van der Waals surface area (Å²) in [5.74, 6) is -6.98. The van der Waals surface area contributed by atoms with Crippen molar-refractivity contribution in [2.24, 2.45) is 17.2 Å². The summed E-state index contributed by atoms with van der Waals surface area (Å²) >= 11 is 10.5. The second kappa shape index (κ2) is 27.3. The molecule has 0 aliphatic rings. The van der Waals surface area contributed by atoms with E-state index in [0.29, 0.717) is 78.4 Å². The van der Waals surface area contributed by atoms with Gasteiger partial charge >= 0.3 is 11.9 Å². The molecule has 19 nitrogen and oxygen atoms in total. The number of aromatic nitrogens is 3. The summed E-state index contributed by atoms with van der Waals surface area (Å²) in [4.78, 5) is 94.8. The molecule has 9 aromatic rings. The van der Waals surface area contributed by atoms with Crippen molar-refractivity contribution in [3.8, 4) is 17.2 Å². The molecule has 424 valence electrons. The van der Waals surface area contributed by atoms with Crippen LogP contribution in [0.4, 0.5) is 0 Å². The minimum Gasteiger partial charge on any atom is -0.507 e. The largest absolute Gasteiger partial charge is 0.507 e. The zero-order valence-corrected chi connectivity index (χ0v) is 49.7. The van der Waals surface area contributed by atoms with Gasteiger partial charge in [0.15, 0.2) is 13.2 Å². The number of esters is 1. The van der Waals surface area contributed by atoms with Crippen LogP contribution in [0.5, 0.6) is 17.2 Å². The van der Waals surface area contributed by atoms with Gasteiger partial charge in [0.05, 0.1) is 56.5 Å². The SMILES string of the molecule is COC(=O)COc1ccc(Br)c2c1c(C(=O)C(N)=O)c(C)n2Cc1ccccc1.Cc1c(C(=O)C(N)=O)c2c(O)ccc(Br)c2n1Cc1ccccc1.Cc1c(C(=O)C(N)=O)c2c(OCC(=O)O)ccc(Br)c2n1Cc1ccccc1.Cl. The van der Waals surface area contributed by atoms with Gasteiger partial charge in [-0.05, 0) is 122 Å². The molecule has 23 heteroatoms. The number of carbonyl (C=O) groups is 8. The molecule has 3 heterocycles. The van der Waals surface area contributed by atoms with Crippen molar-refractivity contribution in [1.82, 2.24) is 13.7 Å². The molecular weight excluding hydrogens is 1280 g/mol. The van der Waals surface area contributed by atoms with Crippen LogP contribution >= 0.6 is 60.2 Å². The van der Waals surface area contributed by atoms with Gasteiger partial charge in [0.25, 0.3) is 35.1 Å². The summed E-state index contributed by atoms with van der Waals surface area (Å²) < 4.78 is 23.4. The van der Waals surface area contributed by atoms with Gasteiger partial charge in [-0.25, -0.2) is 9.59 Å². The topological polar surface area (TPSA) is 298 Å². The molecule has 3 aromatic heterocycles. The van der Waals surface area contributed by atoms with Gasteiger partial charge < -0.3 is 55.3 Å². The number of ether oxygens (including phenoxy) is 3. The van der Waals surface area contributed by atoms with Crippen molar-refractivity contribution in [2.75, 3.05) is 20.3 Å². The third-order valence-corrected chi connectivity index (χ3v) is 14.9. The number of carboxylic acid groups (broad SMARTS) is 1. The summed E-state index contributed by atoms with van der Waals surface area (Å²) in [7, 11) is 1.26. The number of rotatable bonds is 18. The normalized spacial score (nSPS) is 10.7. The lowest BCUT2D eigenvalue weighted by atomic mass is 10.1. The number of aromatic hydroxyl groups is 1. The fraction of sp³-hybridized carbons (Fsp3) is 0.153. The number of Topliss-reactive ketones (excluding diaryl/α,β-unsaturated/α-hetero) is 3. The zero-order chi connectivity index (χ0) is 59.0. The number of ketones is 3. The first-order chi connectivity index (χ1) is 38.6. The maximum Gasteiger partial charge on any atom is 0.343 e. The number of carbonyl (C=O) groups excluding carboxylic acids is 7. The van der Waals surface area contributed by atoms with E-state index in [9.17, 15) is 43.5 Å². The maximum absolute atomic E-state index is 12.7. The number of halogens is 4. The van der Waals surface area contributed by atoms with Crippen molar-refractivity contribution in [3.05, 3.63) is 191 Å². The molecule has 0 saturated heterocycles. The van der Waals surface area contributed by atoms with E-state index in [0.717, 1.165) is 21.2 Å². The Labute approximate surface area is 499 Å². The van der Waals surface area contributed by atoms with Gasteiger partial charge in [-0.15, -0.1) is 12.4 Å². The Bertz CT molecular complexity index is 3980. The molecule has 0 aliphatic heterocycles. The fourth-order valence-corrected chi connectivity index (χ4v) is 10.9. The predicted molar refractivity (Wildman–Crippen MR) is 320 cm³/mol. The molecule has 0 aliphatic carbocycles. The van der Waals surface area contributed by atoms with E-state index in [4.69, 9.17) is 31.8 Å². The van der Waals surface area contributed by atoms with E-state index in [1.165, 1.54) is 13.2 Å². The Hall–Kier alpha value is -8.57. The van der Waals surface area contributed by atoms with Crippen molar-refractivity contribution in [2.45, 2.75) is 40.4 Å². The Morgan fingerprint density at radius 3 is 1.09 bits per heavy atom. The molecule has 0 radical (unpaired) electrons. The van der Waals surface area contributed by atoms with Crippen LogP contribution < -0.4 is 26.7 Å². The van der Waals surface area contributed by atoms with Gasteiger partial charge in [0.1, 0.15) is 17.2 Å². The molecule has 0 unspecified atom stereocenters. The number of phenols is 1. The van der Waals surface area contributed by atoms with E-state index in [-0.39, 0.29) is 53.0 Å². The Kier molecular flexibility index (Phi) is 20.8. The second-order valence-corrected chi connectivity index (χ2v) is 20.6. The molecule has 0 fully saturated rings. The number of benzene rings is 6. The van der Waals surface area contributed by atoms with E-state index >= 15 is 0 Å². The Balaban J connectivity index is 0.000000197. The smallest absolute Gasteiger partial charge is 0.343 e.